The highest BCUT2D eigenvalue weighted by molar-refractivity contribution is 9.11. The number of hydrogen-bond acceptors (Lipinski definition) is 6. The van der Waals surface area contributed by atoms with Crippen LogP contribution in [0.1, 0.15) is 20.0 Å². The van der Waals surface area contributed by atoms with Gasteiger partial charge in [0.25, 0.3) is 17.5 Å². The van der Waals surface area contributed by atoms with Crippen LogP contribution in [0.25, 0.3) is 5.69 Å². The van der Waals surface area contributed by atoms with Crippen molar-refractivity contribution < 1.29 is 14.5 Å². The molecule has 132 valence electrons. The minimum absolute atomic E-state index is 0.0354. The fraction of sp³-hybridized carbons (Fsp3) is 0. The zero-order chi connectivity index (χ0) is 18.7. The van der Waals surface area contributed by atoms with E-state index < -0.39 is 16.7 Å². The van der Waals surface area contributed by atoms with Gasteiger partial charge in [-0.05, 0) is 40.2 Å². The third kappa shape index (κ3) is 3.78. The molecule has 0 aliphatic rings. The van der Waals surface area contributed by atoms with Crippen molar-refractivity contribution in [2.75, 3.05) is 0 Å². The molecule has 0 fully saturated rings. The van der Waals surface area contributed by atoms with Crippen molar-refractivity contribution in [2.45, 2.75) is 0 Å². The third-order valence-electron chi connectivity index (χ3n) is 3.30. The predicted molar refractivity (Wildman–Crippen MR) is 97.2 cm³/mol. The van der Waals surface area contributed by atoms with Crippen LogP contribution in [-0.4, -0.2) is 26.3 Å². The summed E-state index contributed by atoms with van der Waals surface area (Å²) in [5.74, 6) is -1.16. The van der Waals surface area contributed by atoms with Gasteiger partial charge in [-0.15, -0.1) is 11.3 Å². The number of benzene rings is 1. The molecule has 26 heavy (non-hydrogen) atoms. The van der Waals surface area contributed by atoms with Crippen molar-refractivity contribution in [3.63, 3.8) is 0 Å². The number of amides is 2. The maximum atomic E-state index is 12.2. The van der Waals surface area contributed by atoms with E-state index >= 15 is 0 Å². The van der Waals surface area contributed by atoms with Crippen LogP contribution in [0.2, 0.25) is 0 Å². The normalized spacial score (nSPS) is 10.3. The number of nitro groups is 1. The minimum Gasteiger partial charge on any atom is -0.300 e. The third-order valence-corrected chi connectivity index (χ3v) is 4.93. The van der Waals surface area contributed by atoms with Crippen LogP contribution in [0, 0.1) is 10.1 Å². The van der Waals surface area contributed by atoms with E-state index in [0.29, 0.717) is 4.88 Å². The molecule has 2 N–H and O–H groups in total. The number of halogens is 1. The molecule has 9 nitrogen and oxygen atoms in total. The second kappa shape index (κ2) is 7.45. The van der Waals surface area contributed by atoms with E-state index in [1.54, 1.807) is 18.3 Å². The van der Waals surface area contributed by atoms with Gasteiger partial charge in [0.05, 0.1) is 19.9 Å². The van der Waals surface area contributed by atoms with E-state index in [2.05, 4.69) is 31.8 Å². The van der Waals surface area contributed by atoms with Gasteiger partial charge in [-0.1, -0.05) is 0 Å². The Morgan fingerprint density at radius 1 is 1.19 bits per heavy atom. The first-order chi connectivity index (χ1) is 12.5. The fourth-order valence-electron chi connectivity index (χ4n) is 2.11. The van der Waals surface area contributed by atoms with Gasteiger partial charge in [-0.25, -0.2) is 4.98 Å². The molecule has 0 radical (unpaired) electrons. The highest BCUT2D eigenvalue weighted by Gasteiger charge is 2.19. The number of thiophene rings is 1. The summed E-state index contributed by atoms with van der Waals surface area (Å²) in [6.45, 7) is 0. The number of carbonyl (C=O) groups is 2. The molecule has 2 heterocycles. The molecular weight excluding hydrogens is 426 g/mol. The minimum atomic E-state index is -0.672. The van der Waals surface area contributed by atoms with Crippen molar-refractivity contribution in [3.05, 3.63) is 73.4 Å². The lowest BCUT2D eigenvalue weighted by atomic mass is 10.1. The van der Waals surface area contributed by atoms with Gasteiger partial charge >= 0.3 is 0 Å². The van der Waals surface area contributed by atoms with E-state index in [1.807, 2.05) is 0 Å². The zero-order valence-corrected chi connectivity index (χ0v) is 15.3. The maximum absolute atomic E-state index is 12.2. The monoisotopic (exact) mass is 435 g/mol. The molecule has 1 aromatic carbocycles. The first-order valence-electron chi connectivity index (χ1n) is 7.08. The van der Waals surface area contributed by atoms with Gasteiger partial charge in [-0.3, -0.25) is 30.6 Å². The number of aromatic nitrogens is 2. The molecule has 0 atom stereocenters. The van der Waals surface area contributed by atoms with Crippen LogP contribution < -0.4 is 10.9 Å². The number of nitrogens with zero attached hydrogens (tertiary/aromatic N) is 3. The number of rotatable bonds is 4. The summed E-state index contributed by atoms with van der Waals surface area (Å²) in [4.78, 5) is 39.1. The Balaban J connectivity index is 1.76. The topological polar surface area (TPSA) is 119 Å². The second-order valence-corrected chi connectivity index (χ2v) is 7.41. The lowest BCUT2D eigenvalue weighted by Crippen LogP contribution is -2.41. The molecule has 3 aromatic rings. The fourth-order valence-corrected chi connectivity index (χ4v) is 3.40. The van der Waals surface area contributed by atoms with Gasteiger partial charge in [0.2, 0.25) is 0 Å². The standard InChI is InChI=1S/C15H10BrN5O4S/c16-13-4-3-12(26-13)15(23)19-18-14(22)9-1-2-10(11(7-9)21(24)25)20-6-5-17-8-20/h1-8H,(H,18,22)(H,19,23). The molecule has 0 unspecified atom stereocenters. The predicted octanol–water partition coefficient (Wildman–Crippen LogP) is 2.68. The van der Waals surface area contributed by atoms with E-state index in [0.717, 1.165) is 9.85 Å². The van der Waals surface area contributed by atoms with Crippen molar-refractivity contribution in [2.24, 2.45) is 0 Å². The van der Waals surface area contributed by atoms with Crippen LogP contribution in [0.3, 0.4) is 0 Å². The molecular formula is C15H10BrN5O4S. The SMILES string of the molecule is O=C(NNC(=O)c1ccc(Br)s1)c1ccc(-n2ccnc2)c([N+](=O)[O-])c1. The summed E-state index contributed by atoms with van der Waals surface area (Å²) in [5, 5.41) is 11.3. The lowest BCUT2D eigenvalue weighted by Gasteiger charge is -2.08. The van der Waals surface area contributed by atoms with Crippen LogP contribution in [0.5, 0.6) is 0 Å². The number of nitrogens with one attached hydrogen (secondary N) is 2. The molecule has 0 aliphatic carbocycles. The van der Waals surface area contributed by atoms with Crippen molar-refractivity contribution in [1.82, 2.24) is 20.4 Å². The number of imidazole rings is 1. The summed E-state index contributed by atoms with van der Waals surface area (Å²) in [6.07, 6.45) is 4.46. The smallest absolute Gasteiger partial charge is 0.294 e. The van der Waals surface area contributed by atoms with E-state index in [1.165, 1.54) is 40.6 Å². The van der Waals surface area contributed by atoms with Gasteiger partial charge in [0, 0.05) is 24.0 Å². The molecule has 0 aliphatic heterocycles. The van der Waals surface area contributed by atoms with Gasteiger partial charge in [0.1, 0.15) is 5.69 Å². The van der Waals surface area contributed by atoms with Crippen molar-refractivity contribution in [3.8, 4) is 5.69 Å². The lowest BCUT2D eigenvalue weighted by molar-refractivity contribution is -0.384. The molecule has 0 saturated heterocycles. The molecule has 0 saturated carbocycles. The van der Waals surface area contributed by atoms with Crippen molar-refractivity contribution in [1.29, 1.82) is 0 Å². The Labute approximate surface area is 158 Å². The Morgan fingerprint density at radius 3 is 2.58 bits per heavy atom. The Kier molecular flexibility index (Phi) is 5.09. The van der Waals surface area contributed by atoms with Gasteiger partial charge < -0.3 is 4.57 Å². The Bertz CT molecular complexity index is 986. The van der Waals surface area contributed by atoms with E-state index in [9.17, 15) is 19.7 Å². The maximum Gasteiger partial charge on any atom is 0.294 e. The van der Waals surface area contributed by atoms with Crippen LogP contribution in [0.4, 0.5) is 5.69 Å². The van der Waals surface area contributed by atoms with Crippen LogP contribution >= 0.6 is 27.3 Å². The number of hydrogen-bond donors (Lipinski definition) is 2. The average Bonchev–Trinajstić information content (AvgIpc) is 3.30. The average molecular weight is 436 g/mol. The molecule has 0 spiro atoms. The molecule has 2 aromatic heterocycles. The molecule has 3 rings (SSSR count). The summed E-state index contributed by atoms with van der Waals surface area (Å²) in [7, 11) is 0. The van der Waals surface area contributed by atoms with Gasteiger partial charge in [0.15, 0.2) is 0 Å². The first kappa shape index (κ1) is 17.8. The Morgan fingerprint density at radius 2 is 1.96 bits per heavy atom. The molecule has 2 amide bonds. The van der Waals surface area contributed by atoms with E-state index in [4.69, 9.17) is 0 Å². The largest absolute Gasteiger partial charge is 0.300 e. The summed E-state index contributed by atoms with van der Waals surface area (Å²) < 4.78 is 2.25. The number of nitro benzene ring substituents is 1. The highest BCUT2D eigenvalue weighted by Crippen LogP contribution is 2.24. The van der Waals surface area contributed by atoms with Crippen LogP contribution in [0.15, 0.2) is 52.8 Å². The number of hydrazine groups is 1. The zero-order valence-electron chi connectivity index (χ0n) is 12.9. The summed E-state index contributed by atoms with van der Waals surface area (Å²) >= 11 is 4.45. The first-order valence-corrected chi connectivity index (χ1v) is 8.69. The molecule has 11 heteroatoms. The molecule has 0 bridgehead atoms. The Hall–Kier alpha value is -3.05. The highest BCUT2D eigenvalue weighted by atomic mass is 79.9. The number of carbonyl (C=O) groups excluding carboxylic acids is 2. The van der Waals surface area contributed by atoms with Crippen LogP contribution in [-0.2, 0) is 0 Å². The van der Waals surface area contributed by atoms with Gasteiger partial charge in [-0.2, -0.15) is 0 Å². The quantitative estimate of drug-likeness (QED) is 0.482. The second-order valence-electron chi connectivity index (χ2n) is 4.94. The van der Waals surface area contributed by atoms with E-state index in [-0.39, 0.29) is 16.9 Å². The summed E-state index contributed by atoms with van der Waals surface area (Å²) in [5.41, 5.74) is 4.56. The van der Waals surface area contributed by atoms with Crippen molar-refractivity contribution >= 4 is 44.8 Å². The summed E-state index contributed by atoms with van der Waals surface area (Å²) in [6, 6.07) is 7.30.